The van der Waals surface area contributed by atoms with Crippen LogP contribution in [0.25, 0.3) is 0 Å². The third-order valence-electron chi connectivity index (χ3n) is 2.64. The number of hydrogen-bond donors (Lipinski definition) is 2. The molecule has 0 radical (unpaired) electrons. The minimum Gasteiger partial charge on any atom is -0.364 e. The van der Waals surface area contributed by atoms with E-state index in [0.717, 1.165) is 15.7 Å². The Morgan fingerprint density at radius 1 is 1.37 bits per heavy atom. The molecule has 1 amide bonds. The molecule has 1 heterocycles. The predicted molar refractivity (Wildman–Crippen MR) is 77.1 cm³/mol. The van der Waals surface area contributed by atoms with Crippen LogP contribution in [0.2, 0.25) is 0 Å². The number of pyridine rings is 1. The summed E-state index contributed by atoms with van der Waals surface area (Å²) < 4.78 is 0.951. The predicted octanol–water partition coefficient (Wildman–Crippen LogP) is 2.38. The van der Waals surface area contributed by atoms with Crippen molar-refractivity contribution in [3.8, 4) is 0 Å². The van der Waals surface area contributed by atoms with Crippen LogP contribution in [-0.4, -0.2) is 10.9 Å². The van der Waals surface area contributed by atoms with Crippen molar-refractivity contribution in [2.45, 2.75) is 13.5 Å². The second kappa shape index (κ2) is 5.84. The largest absolute Gasteiger partial charge is 0.364 e. The molecule has 0 saturated heterocycles. The number of rotatable bonds is 3. The van der Waals surface area contributed by atoms with Crippen LogP contribution in [0.15, 0.2) is 45.8 Å². The minimum absolute atomic E-state index is 0.126. The number of nitrogens with one attached hydrogen (secondary N) is 2. The average molecular weight is 321 g/mol. The van der Waals surface area contributed by atoms with E-state index in [-0.39, 0.29) is 16.9 Å². The number of aromatic amines is 1. The van der Waals surface area contributed by atoms with E-state index in [2.05, 4.69) is 26.2 Å². The van der Waals surface area contributed by atoms with E-state index in [0.29, 0.717) is 6.54 Å². The van der Waals surface area contributed by atoms with Crippen molar-refractivity contribution in [1.29, 1.82) is 0 Å². The van der Waals surface area contributed by atoms with Gasteiger partial charge in [0, 0.05) is 29.0 Å². The van der Waals surface area contributed by atoms with Gasteiger partial charge in [-0.05, 0) is 24.6 Å². The molecule has 1 aromatic carbocycles. The molecule has 2 rings (SSSR count). The maximum absolute atomic E-state index is 11.9. The van der Waals surface area contributed by atoms with Gasteiger partial charge in [-0.15, -0.1) is 0 Å². The highest BCUT2D eigenvalue weighted by Gasteiger charge is 2.09. The van der Waals surface area contributed by atoms with Crippen LogP contribution in [0.1, 0.15) is 21.6 Å². The second-order valence-corrected chi connectivity index (χ2v) is 5.12. The fourth-order valence-corrected chi connectivity index (χ4v) is 2.12. The molecule has 0 fully saturated rings. The Labute approximate surface area is 119 Å². The molecule has 0 aliphatic heterocycles. The Kier molecular flexibility index (Phi) is 4.16. The smallest absolute Gasteiger partial charge is 0.257 e. The van der Waals surface area contributed by atoms with E-state index in [9.17, 15) is 9.59 Å². The first-order chi connectivity index (χ1) is 9.06. The van der Waals surface area contributed by atoms with Gasteiger partial charge in [-0.1, -0.05) is 28.1 Å². The van der Waals surface area contributed by atoms with Crippen LogP contribution in [0.3, 0.4) is 0 Å². The number of carbonyl (C=O) groups excluding carboxylic acids is 1. The molecule has 0 unspecified atom stereocenters. The number of benzene rings is 1. The first kappa shape index (κ1) is 13.5. The van der Waals surface area contributed by atoms with Gasteiger partial charge in [0.15, 0.2) is 5.43 Å². The van der Waals surface area contributed by atoms with E-state index in [1.54, 1.807) is 6.92 Å². The zero-order valence-corrected chi connectivity index (χ0v) is 12.0. The third kappa shape index (κ3) is 3.54. The van der Waals surface area contributed by atoms with Gasteiger partial charge in [-0.25, -0.2) is 0 Å². The van der Waals surface area contributed by atoms with Gasteiger partial charge in [0.2, 0.25) is 0 Å². The molecule has 0 aliphatic rings. The van der Waals surface area contributed by atoms with Crippen LogP contribution < -0.4 is 10.7 Å². The summed E-state index contributed by atoms with van der Waals surface area (Å²) in [5.74, 6) is -0.374. The molecule has 19 heavy (non-hydrogen) atoms. The van der Waals surface area contributed by atoms with Crippen molar-refractivity contribution in [3.05, 3.63) is 68.0 Å². The van der Waals surface area contributed by atoms with E-state index in [4.69, 9.17) is 0 Å². The molecule has 4 nitrogen and oxygen atoms in total. The Hall–Kier alpha value is -1.88. The molecular weight excluding hydrogens is 308 g/mol. The lowest BCUT2D eigenvalue weighted by Crippen LogP contribution is -2.28. The van der Waals surface area contributed by atoms with Crippen molar-refractivity contribution in [2.24, 2.45) is 0 Å². The summed E-state index contributed by atoms with van der Waals surface area (Å²) in [7, 11) is 0. The monoisotopic (exact) mass is 320 g/mol. The molecule has 0 aliphatic carbocycles. The first-order valence-electron chi connectivity index (χ1n) is 5.78. The Morgan fingerprint density at radius 3 is 2.84 bits per heavy atom. The van der Waals surface area contributed by atoms with Crippen molar-refractivity contribution in [3.63, 3.8) is 0 Å². The normalized spacial score (nSPS) is 10.2. The highest BCUT2D eigenvalue weighted by atomic mass is 79.9. The fraction of sp³-hybridized carbons (Fsp3) is 0.143. The zero-order valence-electron chi connectivity index (χ0n) is 10.4. The van der Waals surface area contributed by atoms with Crippen LogP contribution >= 0.6 is 15.9 Å². The van der Waals surface area contributed by atoms with E-state index in [1.165, 1.54) is 12.3 Å². The van der Waals surface area contributed by atoms with Crippen molar-refractivity contribution in [2.75, 3.05) is 0 Å². The molecular formula is C14H13BrN2O2. The highest BCUT2D eigenvalue weighted by Crippen LogP contribution is 2.11. The maximum atomic E-state index is 11.9. The second-order valence-electron chi connectivity index (χ2n) is 4.21. The molecule has 5 heteroatoms. The number of halogens is 1. The number of aromatic nitrogens is 1. The topological polar surface area (TPSA) is 62.0 Å². The summed E-state index contributed by atoms with van der Waals surface area (Å²) in [6.07, 6.45) is 1.44. The standard InChI is InChI=1S/C14H13BrN2O2/c1-9-5-13(18)12(8-16-9)14(19)17-7-10-3-2-4-11(15)6-10/h2-6,8H,7H2,1H3,(H,16,18)(H,17,19). The van der Waals surface area contributed by atoms with Crippen LogP contribution in [0.4, 0.5) is 0 Å². The van der Waals surface area contributed by atoms with E-state index in [1.807, 2.05) is 24.3 Å². The molecule has 2 aromatic rings. The van der Waals surface area contributed by atoms with Crippen LogP contribution in [-0.2, 0) is 6.54 Å². The van der Waals surface area contributed by atoms with E-state index < -0.39 is 0 Å². The molecule has 0 spiro atoms. The summed E-state index contributed by atoms with van der Waals surface area (Å²) in [6.45, 7) is 2.15. The summed E-state index contributed by atoms with van der Waals surface area (Å²) in [5, 5.41) is 2.72. The summed E-state index contributed by atoms with van der Waals surface area (Å²) in [4.78, 5) is 26.4. The number of hydrogen-bond acceptors (Lipinski definition) is 2. The molecule has 1 aromatic heterocycles. The van der Waals surface area contributed by atoms with Crippen molar-refractivity contribution < 1.29 is 4.79 Å². The quantitative estimate of drug-likeness (QED) is 0.912. The Bertz CT molecular complexity index is 664. The van der Waals surface area contributed by atoms with Gasteiger partial charge < -0.3 is 10.3 Å². The van der Waals surface area contributed by atoms with Gasteiger partial charge >= 0.3 is 0 Å². The summed E-state index contributed by atoms with van der Waals surface area (Å²) in [6, 6.07) is 9.04. The summed E-state index contributed by atoms with van der Waals surface area (Å²) >= 11 is 3.37. The van der Waals surface area contributed by atoms with Gasteiger partial charge in [0.25, 0.3) is 5.91 Å². The van der Waals surface area contributed by atoms with Gasteiger partial charge in [-0.3, -0.25) is 9.59 Å². The number of H-pyrrole nitrogens is 1. The van der Waals surface area contributed by atoms with Crippen molar-refractivity contribution >= 4 is 21.8 Å². The molecule has 0 saturated carbocycles. The zero-order chi connectivity index (χ0) is 13.8. The Morgan fingerprint density at radius 2 is 2.16 bits per heavy atom. The fourth-order valence-electron chi connectivity index (χ4n) is 1.68. The molecule has 98 valence electrons. The van der Waals surface area contributed by atoms with Crippen LogP contribution in [0.5, 0.6) is 0 Å². The Balaban J connectivity index is 2.07. The lowest BCUT2D eigenvalue weighted by Gasteiger charge is -2.05. The lowest BCUT2D eigenvalue weighted by molar-refractivity contribution is 0.0949. The first-order valence-corrected chi connectivity index (χ1v) is 6.57. The number of aryl methyl sites for hydroxylation is 1. The van der Waals surface area contributed by atoms with Crippen molar-refractivity contribution in [1.82, 2.24) is 10.3 Å². The maximum Gasteiger partial charge on any atom is 0.257 e. The van der Waals surface area contributed by atoms with Gasteiger partial charge in [-0.2, -0.15) is 0 Å². The summed E-state index contributed by atoms with van der Waals surface area (Å²) in [5.41, 5.74) is 1.54. The number of carbonyl (C=O) groups is 1. The molecule has 0 atom stereocenters. The highest BCUT2D eigenvalue weighted by molar-refractivity contribution is 9.10. The average Bonchev–Trinajstić information content (AvgIpc) is 2.36. The molecule has 0 bridgehead atoms. The van der Waals surface area contributed by atoms with Crippen LogP contribution in [0, 0.1) is 6.92 Å². The van der Waals surface area contributed by atoms with Gasteiger partial charge in [0.1, 0.15) is 5.56 Å². The van der Waals surface area contributed by atoms with Gasteiger partial charge in [0.05, 0.1) is 0 Å². The van der Waals surface area contributed by atoms with E-state index >= 15 is 0 Å². The molecule has 2 N–H and O–H groups in total. The SMILES string of the molecule is Cc1cc(=O)c(C(=O)NCc2cccc(Br)c2)c[nH]1. The minimum atomic E-state index is -0.374. The lowest BCUT2D eigenvalue weighted by atomic mass is 10.2. The third-order valence-corrected chi connectivity index (χ3v) is 3.14. The number of amides is 1.